The molecular formula is C22H16Cl2N8O2. The third-order valence-electron chi connectivity index (χ3n) is 4.68. The second kappa shape index (κ2) is 9.38. The molecule has 3 N–H and O–H groups in total. The molecule has 0 saturated heterocycles. The number of hydrogen-bond donors (Lipinski definition) is 3. The third-order valence-corrected chi connectivity index (χ3v) is 5.22. The number of fused-ring (bicyclic) bond motifs is 1. The van der Waals surface area contributed by atoms with Gasteiger partial charge in [-0.05, 0) is 59.7 Å². The van der Waals surface area contributed by atoms with Gasteiger partial charge in [0.1, 0.15) is 11.5 Å². The highest BCUT2D eigenvalue weighted by Crippen LogP contribution is 2.31. The van der Waals surface area contributed by atoms with Gasteiger partial charge in [-0.15, -0.1) is 0 Å². The summed E-state index contributed by atoms with van der Waals surface area (Å²) in [5.74, 6) is 1.72. The fourth-order valence-corrected chi connectivity index (χ4v) is 3.49. The smallest absolute Gasteiger partial charge is 0.245 e. The van der Waals surface area contributed by atoms with Crippen molar-refractivity contribution >= 4 is 58.0 Å². The topological polar surface area (TPSA) is 126 Å². The summed E-state index contributed by atoms with van der Waals surface area (Å²) in [6, 6.07) is 16.6. The molecule has 0 atom stereocenters. The summed E-state index contributed by atoms with van der Waals surface area (Å²) in [4.78, 5) is 8.71. The van der Waals surface area contributed by atoms with Crippen LogP contribution in [0.2, 0.25) is 10.0 Å². The van der Waals surface area contributed by atoms with Crippen LogP contribution >= 0.6 is 23.2 Å². The van der Waals surface area contributed by atoms with Crippen LogP contribution in [0.4, 0.5) is 17.3 Å². The third kappa shape index (κ3) is 4.77. The van der Waals surface area contributed by atoms with Crippen molar-refractivity contribution in [2.24, 2.45) is 5.10 Å². The summed E-state index contributed by atoms with van der Waals surface area (Å²) in [5, 5.41) is 12.7. The zero-order valence-electron chi connectivity index (χ0n) is 17.6. The van der Waals surface area contributed by atoms with E-state index in [1.165, 1.54) is 6.21 Å². The van der Waals surface area contributed by atoms with Gasteiger partial charge in [-0.3, -0.25) is 16.3 Å². The van der Waals surface area contributed by atoms with E-state index in [9.17, 15) is 0 Å². The van der Waals surface area contributed by atoms with Gasteiger partial charge in [-0.2, -0.15) is 15.1 Å². The van der Waals surface area contributed by atoms with Crippen molar-refractivity contribution in [3.63, 3.8) is 0 Å². The molecular weight excluding hydrogens is 479 g/mol. The summed E-state index contributed by atoms with van der Waals surface area (Å²) in [7, 11) is 0. The Morgan fingerprint density at radius 2 is 1.65 bits per heavy atom. The molecule has 3 heterocycles. The fraction of sp³-hybridized carbons (Fsp3) is 0.0455. The Morgan fingerprint density at radius 3 is 2.41 bits per heavy atom. The zero-order chi connectivity index (χ0) is 23.5. The molecule has 170 valence electrons. The predicted molar refractivity (Wildman–Crippen MR) is 131 cm³/mol. The monoisotopic (exact) mass is 494 g/mol. The number of nitrogens with zero attached hydrogens (tertiary/aromatic N) is 5. The first-order chi connectivity index (χ1) is 16.5. The van der Waals surface area contributed by atoms with Gasteiger partial charge >= 0.3 is 0 Å². The highest BCUT2D eigenvalue weighted by Gasteiger charge is 2.13. The van der Waals surface area contributed by atoms with E-state index in [4.69, 9.17) is 32.2 Å². The van der Waals surface area contributed by atoms with Crippen LogP contribution in [-0.4, -0.2) is 26.5 Å². The molecule has 0 aliphatic heterocycles. The standard InChI is InChI=1S/C22H16Cl2N8O2/c1-12-2-5-14(6-3-12)28-30-20-19(26-21-22(27-20)32-34-31-21)29-25-11-15-7-9-18(33-15)16-8-4-13(23)10-17(16)24/h2-11,28H,1H3,(H,26,29,31)(H,27,30,32)/b25-11+. The number of hydrogen-bond acceptors (Lipinski definition) is 10. The fourth-order valence-electron chi connectivity index (χ4n) is 2.98. The molecule has 10 nitrogen and oxygen atoms in total. The number of aryl methyl sites for hydroxylation is 1. The van der Waals surface area contributed by atoms with Crippen molar-refractivity contribution in [1.82, 2.24) is 20.3 Å². The van der Waals surface area contributed by atoms with Crippen LogP contribution in [0.1, 0.15) is 11.3 Å². The first-order valence-corrected chi connectivity index (χ1v) is 10.7. The minimum atomic E-state index is 0.233. The van der Waals surface area contributed by atoms with Crippen LogP contribution < -0.4 is 16.3 Å². The minimum Gasteiger partial charge on any atom is -0.455 e. The van der Waals surface area contributed by atoms with E-state index in [1.807, 2.05) is 31.2 Å². The van der Waals surface area contributed by atoms with Crippen molar-refractivity contribution in [3.05, 3.63) is 76.0 Å². The van der Waals surface area contributed by atoms with E-state index in [1.54, 1.807) is 30.3 Å². The van der Waals surface area contributed by atoms with E-state index in [-0.39, 0.29) is 11.3 Å². The molecule has 0 aliphatic carbocycles. The molecule has 2 aromatic carbocycles. The molecule has 0 radical (unpaired) electrons. The Kier molecular flexibility index (Phi) is 5.98. The molecule has 5 aromatic rings. The molecule has 0 aliphatic rings. The summed E-state index contributed by atoms with van der Waals surface area (Å²) in [5.41, 5.74) is 12.1. The maximum Gasteiger partial charge on any atom is 0.245 e. The lowest BCUT2D eigenvalue weighted by Crippen LogP contribution is -2.13. The van der Waals surface area contributed by atoms with Gasteiger partial charge in [0.15, 0.2) is 11.6 Å². The summed E-state index contributed by atoms with van der Waals surface area (Å²) < 4.78 is 10.5. The van der Waals surface area contributed by atoms with Crippen LogP contribution in [0.25, 0.3) is 22.6 Å². The number of hydrazone groups is 1. The van der Waals surface area contributed by atoms with Crippen LogP contribution in [0.15, 0.2) is 68.7 Å². The Hall–Kier alpha value is -4.15. The highest BCUT2D eigenvalue weighted by molar-refractivity contribution is 6.36. The van der Waals surface area contributed by atoms with Crippen molar-refractivity contribution < 1.29 is 9.05 Å². The average molecular weight is 495 g/mol. The van der Waals surface area contributed by atoms with Crippen LogP contribution in [-0.2, 0) is 0 Å². The molecule has 12 heteroatoms. The van der Waals surface area contributed by atoms with Gasteiger partial charge in [-0.1, -0.05) is 40.9 Å². The van der Waals surface area contributed by atoms with E-state index < -0.39 is 0 Å². The van der Waals surface area contributed by atoms with Gasteiger partial charge in [0.25, 0.3) is 0 Å². The number of furan rings is 1. The van der Waals surface area contributed by atoms with Gasteiger partial charge in [0.2, 0.25) is 11.3 Å². The number of hydrazine groups is 1. The maximum atomic E-state index is 6.26. The number of aromatic nitrogens is 4. The quantitative estimate of drug-likeness (QED) is 0.190. The average Bonchev–Trinajstić information content (AvgIpc) is 3.48. The van der Waals surface area contributed by atoms with E-state index in [0.717, 1.165) is 16.8 Å². The lowest BCUT2D eigenvalue weighted by atomic mass is 10.2. The SMILES string of the molecule is Cc1ccc(NNc2nc3nonc3nc2N/N=C/c2ccc(-c3ccc(Cl)cc3Cl)o2)cc1. The van der Waals surface area contributed by atoms with E-state index in [0.29, 0.717) is 33.2 Å². The molecule has 0 bridgehead atoms. The Labute approximate surface area is 202 Å². The Morgan fingerprint density at radius 1 is 0.882 bits per heavy atom. The molecule has 3 aromatic heterocycles. The Bertz CT molecular complexity index is 1480. The van der Waals surface area contributed by atoms with E-state index >= 15 is 0 Å². The lowest BCUT2D eigenvalue weighted by molar-refractivity contribution is 0.314. The first kappa shape index (κ1) is 21.7. The molecule has 0 unspecified atom stereocenters. The number of anilines is 3. The van der Waals surface area contributed by atoms with Crippen molar-refractivity contribution in [2.75, 3.05) is 16.3 Å². The molecule has 0 spiro atoms. The van der Waals surface area contributed by atoms with Crippen molar-refractivity contribution in [3.8, 4) is 11.3 Å². The number of halogens is 2. The van der Waals surface area contributed by atoms with Gasteiger partial charge in [-0.25, -0.2) is 4.63 Å². The normalized spacial score (nSPS) is 11.3. The van der Waals surface area contributed by atoms with Crippen LogP contribution in [0, 0.1) is 6.92 Å². The molecule has 5 rings (SSSR count). The summed E-state index contributed by atoms with van der Waals surface area (Å²) in [6.45, 7) is 2.01. The second-order valence-corrected chi connectivity index (χ2v) is 7.99. The van der Waals surface area contributed by atoms with Gasteiger partial charge in [0.05, 0.1) is 16.9 Å². The lowest BCUT2D eigenvalue weighted by Gasteiger charge is -2.11. The van der Waals surface area contributed by atoms with Crippen molar-refractivity contribution in [1.29, 1.82) is 0 Å². The molecule has 0 amide bonds. The van der Waals surface area contributed by atoms with Crippen LogP contribution in [0.3, 0.4) is 0 Å². The van der Waals surface area contributed by atoms with Crippen LogP contribution in [0.5, 0.6) is 0 Å². The zero-order valence-corrected chi connectivity index (χ0v) is 19.1. The summed E-state index contributed by atoms with van der Waals surface area (Å²) >= 11 is 12.2. The van der Waals surface area contributed by atoms with Gasteiger partial charge < -0.3 is 4.42 Å². The number of rotatable bonds is 7. The molecule has 0 saturated carbocycles. The minimum absolute atomic E-state index is 0.233. The highest BCUT2D eigenvalue weighted by atomic mass is 35.5. The Balaban J connectivity index is 1.33. The first-order valence-electron chi connectivity index (χ1n) is 9.98. The molecule has 34 heavy (non-hydrogen) atoms. The number of nitrogens with one attached hydrogen (secondary N) is 3. The number of benzene rings is 2. The largest absolute Gasteiger partial charge is 0.455 e. The summed E-state index contributed by atoms with van der Waals surface area (Å²) in [6.07, 6.45) is 1.50. The second-order valence-electron chi connectivity index (χ2n) is 7.14. The molecule has 0 fully saturated rings. The van der Waals surface area contributed by atoms with E-state index in [2.05, 4.69) is 41.7 Å². The van der Waals surface area contributed by atoms with Gasteiger partial charge in [0, 0.05) is 10.6 Å². The van der Waals surface area contributed by atoms with Crippen molar-refractivity contribution in [2.45, 2.75) is 6.92 Å². The maximum absolute atomic E-state index is 6.26. The predicted octanol–water partition coefficient (Wildman–Crippen LogP) is 5.77.